The maximum Gasteiger partial charge on any atom is 0.129 e. The van der Waals surface area contributed by atoms with Gasteiger partial charge in [0.1, 0.15) is 18.2 Å². The molecule has 3 heteroatoms. The highest BCUT2D eigenvalue weighted by Crippen LogP contribution is 2.25. The zero-order valence-corrected chi connectivity index (χ0v) is 10.1. The Kier molecular flexibility index (Phi) is 3.95. The van der Waals surface area contributed by atoms with E-state index in [0.29, 0.717) is 16.9 Å². The number of hydrogen-bond donors (Lipinski definition) is 1. The number of ether oxygens (including phenoxy) is 1. The van der Waals surface area contributed by atoms with Crippen LogP contribution < -0.4 is 4.74 Å². The van der Waals surface area contributed by atoms with Crippen molar-refractivity contribution in [2.24, 2.45) is 0 Å². The van der Waals surface area contributed by atoms with Crippen LogP contribution in [0.15, 0.2) is 48.5 Å². The maximum absolute atomic E-state index is 13.4. The van der Waals surface area contributed by atoms with E-state index in [1.54, 1.807) is 37.3 Å². The minimum atomic E-state index is -0.609. The van der Waals surface area contributed by atoms with Crippen LogP contribution >= 0.6 is 0 Å². The van der Waals surface area contributed by atoms with E-state index in [-0.39, 0.29) is 12.4 Å². The van der Waals surface area contributed by atoms with Crippen molar-refractivity contribution in [1.82, 2.24) is 0 Å². The highest BCUT2D eigenvalue weighted by molar-refractivity contribution is 5.35. The molecule has 0 saturated carbocycles. The van der Waals surface area contributed by atoms with Gasteiger partial charge >= 0.3 is 0 Å². The topological polar surface area (TPSA) is 29.5 Å². The summed E-state index contributed by atoms with van der Waals surface area (Å²) in [5.74, 6) is 0.294. The van der Waals surface area contributed by atoms with E-state index in [2.05, 4.69) is 0 Å². The van der Waals surface area contributed by atoms with Gasteiger partial charge in [0, 0.05) is 11.1 Å². The summed E-state index contributed by atoms with van der Waals surface area (Å²) in [5, 5.41) is 9.60. The molecule has 0 aliphatic rings. The van der Waals surface area contributed by atoms with E-state index in [1.165, 1.54) is 6.07 Å². The van der Waals surface area contributed by atoms with E-state index in [9.17, 15) is 9.50 Å². The van der Waals surface area contributed by atoms with Crippen LogP contribution in [0.1, 0.15) is 24.2 Å². The van der Waals surface area contributed by atoms with E-state index >= 15 is 0 Å². The van der Waals surface area contributed by atoms with Crippen molar-refractivity contribution in [3.8, 4) is 5.75 Å². The van der Waals surface area contributed by atoms with Crippen molar-refractivity contribution in [3.63, 3.8) is 0 Å². The zero-order valence-electron chi connectivity index (χ0n) is 10.1. The Bertz CT molecular complexity index is 523. The van der Waals surface area contributed by atoms with Crippen LogP contribution in [0.2, 0.25) is 0 Å². The Morgan fingerprint density at radius 2 is 1.78 bits per heavy atom. The molecule has 2 rings (SSSR count). The average molecular weight is 246 g/mol. The largest absolute Gasteiger partial charge is 0.488 e. The zero-order chi connectivity index (χ0) is 13.0. The van der Waals surface area contributed by atoms with Gasteiger partial charge in [-0.05, 0) is 19.1 Å². The maximum atomic E-state index is 13.4. The standard InChI is InChI=1S/C15H15FO2/c1-11(17)13-7-3-5-9-15(13)18-10-12-6-2-4-8-14(12)16/h2-9,11,17H,10H2,1H3/t11-/m0/s1. The minimum Gasteiger partial charge on any atom is -0.488 e. The summed E-state index contributed by atoms with van der Waals surface area (Å²) in [6, 6.07) is 13.7. The first-order chi connectivity index (χ1) is 8.68. The Balaban J connectivity index is 2.14. The van der Waals surface area contributed by atoms with Crippen molar-refractivity contribution >= 4 is 0 Å². The highest BCUT2D eigenvalue weighted by Gasteiger charge is 2.09. The number of hydrogen-bond acceptors (Lipinski definition) is 2. The van der Waals surface area contributed by atoms with Gasteiger partial charge in [0.25, 0.3) is 0 Å². The predicted octanol–water partition coefficient (Wildman–Crippen LogP) is 3.46. The normalized spacial score (nSPS) is 12.2. The molecule has 0 aromatic heterocycles. The molecule has 94 valence electrons. The monoisotopic (exact) mass is 246 g/mol. The Morgan fingerprint density at radius 1 is 1.11 bits per heavy atom. The predicted molar refractivity (Wildman–Crippen MR) is 67.8 cm³/mol. The molecule has 0 bridgehead atoms. The van der Waals surface area contributed by atoms with Crippen LogP contribution in [0.4, 0.5) is 4.39 Å². The summed E-state index contributed by atoms with van der Waals surface area (Å²) in [6.45, 7) is 1.82. The molecular formula is C15H15FO2. The molecule has 2 aromatic carbocycles. The number of aliphatic hydroxyl groups excluding tert-OH is 1. The van der Waals surface area contributed by atoms with Gasteiger partial charge in [-0.25, -0.2) is 4.39 Å². The first-order valence-corrected chi connectivity index (χ1v) is 5.81. The molecule has 18 heavy (non-hydrogen) atoms. The van der Waals surface area contributed by atoms with Crippen LogP contribution in [-0.2, 0) is 6.61 Å². The van der Waals surface area contributed by atoms with Gasteiger partial charge in [-0.2, -0.15) is 0 Å². The lowest BCUT2D eigenvalue weighted by Crippen LogP contribution is -2.02. The molecule has 0 heterocycles. The molecule has 0 unspecified atom stereocenters. The molecule has 1 N–H and O–H groups in total. The summed E-state index contributed by atoms with van der Waals surface area (Å²) < 4.78 is 19.0. The number of para-hydroxylation sites is 1. The number of halogens is 1. The first kappa shape index (κ1) is 12.6. The number of aliphatic hydroxyl groups is 1. The Hall–Kier alpha value is -1.87. The highest BCUT2D eigenvalue weighted by atomic mass is 19.1. The molecule has 0 aliphatic heterocycles. The van der Waals surface area contributed by atoms with Gasteiger partial charge in [0.15, 0.2) is 0 Å². The van der Waals surface area contributed by atoms with Gasteiger partial charge in [0.05, 0.1) is 6.10 Å². The third kappa shape index (κ3) is 2.87. The molecule has 0 saturated heterocycles. The molecule has 2 aromatic rings. The number of benzene rings is 2. The second kappa shape index (κ2) is 5.65. The smallest absolute Gasteiger partial charge is 0.129 e. The fourth-order valence-electron chi connectivity index (χ4n) is 1.73. The summed E-state index contributed by atoms with van der Waals surface area (Å²) in [4.78, 5) is 0. The lowest BCUT2D eigenvalue weighted by Gasteiger charge is -2.13. The van der Waals surface area contributed by atoms with Crippen molar-refractivity contribution < 1.29 is 14.2 Å². The Labute approximate surface area is 106 Å². The molecule has 1 atom stereocenters. The van der Waals surface area contributed by atoms with Crippen molar-refractivity contribution in [2.45, 2.75) is 19.6 Å². The van der Waals surface area contributed by atoms with Gasteiger partial charge in [0.2, 0.25) is 0 Å². The second-order valence-corrected chi connectivity index (χ2v) is 4.09. The van der Waals surface area contributed by atoms with E-state index < -0.39 is 6.10 Å². The lowest BCUT2D eigenvalue weighted by molar-refractivity contribution is 0.190. The Morgan fingerprint density at radius 3 is 2.50 bits per heavy atom. The van der Waals surface area contributed by atoms with Crippen LogP contribution in [0.5, 0.6) is 5.75 Å². The third-order valence-electron chi connectivity index (χ3n) is 2.71. The molecule has 2 nitrogen and oxygen atoms in total. The van der Waals surface area contributed by atoms with E-state index in [1.807, 2.05) is 12.1 Å². The fraction of sp³-hybridized carbons (Fsp3) is 0.200. The molecule has 0 fully saturated rings. The third-order valence-corrected chi connectivity index (χ3v) is 2.71. The quantitative estimate of drug-likeness (QED) is 0.895. The van der Waals surface area contributed by atoms with Crippen molar-refractivity contribution in [2.75, 3.05) is 0 Å². The molecule has 0 spiro atoms. The van der Waals surface area contributed by atoms with Gasteiger partial charge in [-0.3, -0.25) is 0 Å². The average Bonchev–Trinajstić information content (AvgIpc) is 2.38. The summed E-state index contributed by atoms with van der Waals surface area (Å²) in [5.41, 5.74) is 1.20. The van der Waals surface area contributed by atoms with Crippen LogP contribution in [0.3, 0.4) is 0 Å². The summed E-state index contributed by atoms with van der Waals surface area (Å²) >= 11 is 0. The fourth-order valence-corrected chi connectivity index (χ4v) is 1.73. The number of rotatable bonds is 4. The summed E-state index contributed by atoms with van der Waals surface area (Å²) in [6.07, 6.45) is -0.609. The first-order valence-electron chi connectivity index (χ1n) is 5.81. The summed E-state index contributed by atoms with van der Waals surface area (Å²) in [7, 11) is 0. The van der Waals surface area contributed by atoms with Gasteiger partial charge in [-0.1, -0.05) is 36.4 Å². The molecule has 0 amide bonds. The van der Waals surface area contributed by atoms with E-state index in [4.69, 9.17) is 4.74 Å². The molecular weight excluding hydrogens is 231 g/mol. The van der Waals surface area contributed by atoms with Crippen molar-refractivity contribution in [1.29, 1.82) is 0 Å². The van der Waals surface area contributed by atoms with Gasteiger partial charge < -0.3 is 9.84 Å². The van der Waals surface area contributed by atoms with Crippen LogP contribution in [-0.4, -0.2) is 5.11 Å². The molecule has 0 radical (unpaired) electrons. The lowest BCUT2D eigenvalue weighted by atomic mass is 10.1. The van der Waals surface area contributed by atoms with Crippen molar-refractivity contribution in [3.05, 3.63) is 65.5 Å². The van der Waals surface area contributed by atoms with Crippen LogP contribution in [0.25, 0.3) is 0 Å². The van der Waals surface area contributed by atoms with Gasteiger partial charge in [-0.15, -0.1) is 0 Å². The second-order valence-electron chi connectivity index (χ2n) is 4.09. The molecule has 0 aliphatic carbocycles. The van der Waals surface area contributed by atoms with Crippen LogP contribution in [0, 0.1) is 5.82 Å². The minimum absolute atomic E-state index is 0.149. The SMILES string of the molecule is C[C@H](O)c1ccccc1OCc1ccccc1F. The van der Waals surface area contributed by atoms with E-state index in [0.717, 1.165) is 0 Å².